The molecule has 104 valence electrons. The van der Waals surface area contributed by atoms with Crippen LogP contribution in [-0.4, -0.2) is 53.6 Å². The van der Waals surface area contributed by atoms with Gasteiger partial charge in [0.05, 0.1) is 0 Å². The molecule has 0 amide bonds. The molecule has 1 aromatic rings. The first-order valence-electron chi connectivity index (χ1n) is 6.93. The van der Waals surface area contributed by atoms with Crippen molar-refractivity contribution < 1.29 is 4.74 Å². The number of hydrogen-bond donors (Lipinski definition) is 0. The molecule has 4 heteroatoms. The second-order valence-corrected chi connectivity index (χ2v) is 7.59. The van der Waals surface area contributed by atoms with E-state index in [0.29, 0.717) is 12.1 Å². The molecule has 0 bridgehead atoms. The summed E-state index contributed by atoms with van der Waals surface area (Å²) < 4.78 is 6.04. The van der Waals surface area contributed by atoms with Crippen LogP contribution >= 0.6 is 23.5 Å². The first-order chi connectivity index (χ1) is 9.33. The van der Waals surface area contributed by atoms with Crippen molar-refractivity contribution in [2.75, 3.05) is 36.6 Å². The Morgan fingerprint density at radius 2 is 1.95 bits per heavy atom. The number of likely N-dealkylation sites (N-methyl/N-ethyl adjacent to an activating group) is 1. The molecule has 1 atom stereocenters. The van der Waals surface area contributed by atoms with E-state index in [2.05, 4.69) is 59.7 Å². The zero-order valence-corrected chi connectivity index (χ0v) is 13.0. The van der Waals surface area contributed by atoms with Gasteiger partial charge in [-0.15, -0.1) is 0 Å². The Kier molecular flexibility index (Phi) is 4.61. The number of thioether (sulfide) groups is 2. The largest absolute Gasteiger partial charge is 0.488 e. The SMILES string of the molecule is CN(C[C@H]1Cc2ccccc2O1)C1CSCCSC1. The molecule has 19 heavy (non-hydrogen) atoms. The predicted molar refractivity (Wildman–Crippen MR) is 85.6 cm³/mol. The van der Waals surface area contributed by atoms with Crippen molar-refractivity contribution in [3.63, 3.8) is 0 Å². The van der Waals surface area contributed by atoms with Crippen LogP contribution < -0.4 is 4.74 Å². The van der Waals surface area contributed by atoms with Crippen LogP contribution in [0.25, 0.3) is 0 Å². The Morgan fingerprint density at radius 3 is 2.68 bits per heavy atom. The summed E-state index contributed by atoms with van der Waals surface area (Å²) in [6, 6.07) is 9.14. The van der Waals surface area contributed by atoms with Crippen LogP contribution in [0.5, 0.6) is 5.75 Å². The fraction of sp³-hybridized carbons (Fsp3) is 0.600. The third kappa shape index (κ3) is 3.41. The molecule has 0 saturated carbocycles. The Morgan fingerprint density at radius 1 is 1.21 bits per heavy atom. The number of rotatable bonds is 3. The summed E-state index contributed by atoms with van der Waals surface area (Å²) in [6.45, 7) is 1.04. The second kappa shape index (κ2) is 6.42. The fourth-order valence-electron chi connectivity index (χ4n) is 2.69. The maximum atomic E-state index is 6.04. The van der Waals surface area contributed by atoms with Crippen LogP contribution in [0.15, 0.2) is 24.3 Å². The first-order valence-corrected chi connectivity index (χ1v) is 9.24. The smallest absolute Gasteiger partial charge is 0.123 e. The molecule has 0 aromatic heterocycles. The van der Waals surface area contributed by atoms with Crippen molar-refractivity contribution in [2.45, 2.75) is 18.6 Å². The van der Waals surface area contributed by atoms with Crippen molar-refractivity contribution in [2.24, 2.45) is 0 Å². The minimum absolute atomic E-state index is 0.334. The highest BCUT2D eigenvalue weighted by Gasteiger charge is 2.26. The lowest BCUT2D eigenvalue weighted by atomic mass is 10.1. The van der Waals surface area contributed by atoms with E-state index in [1.54, 1.807) is 0 Å². The van der Waals surface area contributed by atoms with Gasteiger partial charge >= 0.3 is 0 Å². The minimum Gasteiger partial charge on any atom is -0.488 e. The van der Waals surface area contributed by atoms with Gasteiger partial charge in [0, 0.05) is 42.0 Å². The van der Waals surface area contributed by atoms with Crippen LogP contribution in [0.3, 0.4) is 0 Å². The van der Waals surface area contributed by atoms with Crippen LogP contribution in [0, 0.1) is 0 Å². The van der Waals surface area contributed by atoms with Gasteiger partial charge in [-0.05, 0) is 18.7 Å². The molecule has 1 aromatic carbocycles. The highest BCUT2D eigenvalue weighted by molar-refractivity contribution is 8.03. The third-order valence-corrected chi connectivity index (χ3v) is 6.31. The second-order valence-electron chi connectivity index (χ2n) is 5.29. The van der Waals surface area contributed by atoms with Gasteiger partial charge in [0.2, 0.25) is 0 Å². The molecular formula is C15H21NOS2. The molecule has 0 radical (unpaired) electrons. The first kappa shape index (κ1) is 13.7. The molecule has 1 fully saturated rings. The molecule has 3 rings (SSSR count). The van der Waals surface area contributed by atoms with Gasteiger partial charge in [-0.3, -0.25) is 4.90 Å². The van der Waals surface area contributed by atoms with Gasteiger partial charge in [-0.25, -0.2) is 0 Å². The molecule has 2 heterocycles. The molecule has 0 spiro atoms. The van der Waals surface area contributed by atoms with Gasteiger partial charge in [0.25, 0.3) is 0 Å². The Hall–Kier alpha value is -0.320. The van der Waals surface area contributed by atoms with E-state index in [0.717, 1.165) is 18.7 Å². The quantitative estimate of drug-likeness (QED) is 0.850. The van der Waals surface area contributed by atoms with Crippen LogP contribution in [0.2, 0.25) is 0 Å². The predicted octanol–water partition coefficient (Wildman–Crippen LogP) is 2.77. The lowest BCUT2D eigenvalue weighted by molar-refractivity contribution is 0.152. The fourth-order valence-corrected chi connectivity index (χ4v) is 5.40. The van der Waals surface area contributed by atoms with E-state index in [9.17, 15) is 0 Å². The summed E-state index contributed by atoms with van der Waals surface area (Å²) in [6.07, 6.45) is 1.40. The summed E-state index contributed by atoms with van der Waals surface area (Å²) in [5.74, 6) is 6.23. The van der Waals surface area contributed by atoms with Gasteiger partial charge in [0.1, 0.15) is 11.9 Å². The van der Waals surface area contributed by atoms with Gasteiger partial charge in [0.15, 0.2) is 0 Å². The van der Waals surface area contributed by atoms with Crippen molar-refractivity contribution in [1.82, 2.24) is 4.90 Å². The molecular weight excluding hydrogens is 274 g/mol. The zero-order valence-electron chi connectivity index (χ0n) is 11.4. The van der Waals surface area contributed by atoms with Gasteiger partial charge in [-0.2, -0.15) is 23.5 Å². The number of hydrogen-bond acceptors (Lipinski definition) is 4. The third-order valence-electron chi connectivity index (χ3n) is 3.82. The van der Waals surface area contributed by atoms with E-state index in [-0.39, 0.29) is 0 Å². The van der Waals surface area contributed by atoms with E-state index in [1.807, 2.05) is 0 Å². The average Bonchev–Trinajstić information content (AvgIpc) is 2.63. The molecule has 0 N–H and O–H groups in total. The molecule has 2 aliphatic heterocycles. The Labute approximate surface area is 124 Å². The number of ether oxygens (including phenoxy) is 1. The number of nitrogens with zero attached hydrogens (tertiary/aromatic N) is 1. The Bertz CT molecular complexity index is 393. The van der Waals surface area contributed by atoms with E-state index >= 15 is 0 Å². The molecule has 0 unspecified atom stereocenters. The van der Waals surface area contributed by atoms with Gasteiger partial charge < -0.3 is 4.74 Å². The van der Waals surface area contributed by atoms with Crippen LogP contribution in [0.4, 0.5) is 0 Å². The maximum absolute atomic E-state index is 6.04. The van der Waals surface area contributed by atoms with Crippen LogP contribution in [0.1, 0.15) is 5.56 Å². The Balaban J connectivity index is 1.55. The van der Waals surface area contributed by atoms with Gasteiger partial charge in [-0.1, -0.05) is 18.2 Å². The molecule has 2 aliphatic rings. The lowest BCUT2D eigenvalue weighted by Gasteiger charge is -2.28. The van der Waals surface area contributed by atoms with Crippen molar-refractivity contribution >= 4 is 23.5 Å². The maximum Gasteiger partial charge on any atom is 0.123 e. The summed E-state index contributed by atoms with van der Waals surface area (Å²) in [7, 11) is 2.25. The molecule has 1 saturated heterocycles. The van der Waals surface area contributed by atoms with E-state index < -0.39 is 0 Å². The highest BCUT2D eigenvalue weighted by Crippen LogP contribution is 2.29. The molecule has 2 nitrogen and oxygen atoms in total. The average molecular weight is 295 g/mol. The van der Waals surface area contributed by atoms with Crippen molar-refractivity contribution in [1.29, 1.82) is 0 Å². The van der Waals surface area contributed by atoms with Crippen LogP contribution in [-0.2, 0) is 6.42 Å². The standard InChI is InChI=1S/C15H21NOS2/c1-16(13-10-18-6-7-19-11-13)9-14-8-12-4-2-3-5-15(12)17-14/h2-5,13-14H,6-11H2,1H3/t14-/m1/s1. The van der Waals surface area contributed by atoms with E-state index in [4.69, 9.17) is 4.74 Å². The summed E-state index contributed by atoms with van der Waals surface area (Å²) in [4.78, 5) is 2.50. The topological polar surface area (TPSA) is 12.5 Å². The lowest BCUT2D eigenvalue weighted by Crippen LogP contribution is -2.41. The van der Waals surface area contributed by atoms with Crippen molar-refractivity contribution in [3.8, 4) is 5.75 Å². The van der Waals surface area contributed by atoms with Crippen molar-refractivity contribution in [3.05, 3.63) is 29.8 Å². The highest BCUT2D eigenvalue weighted by atomic mass is 32.2. The minimum atomic E-state index is 0.334. The summed E-state index contributed by atoms with van der Waals surface area (Å²) in [5, 5.41) is 0. The normalized spacial score (nSPS) is 24.0. The zero-order chi connectivity index (χ0) is 13.1. The van der Waals surface area contributed by atoms with E-state index in [1.165, 1.54) is 28.6 Å². The number of fused-ring (bicyclic) bond motifs is 1. The number of para-hydroxylation sites is 1. The number of benzene rings is 1. The monoisotopic (exact) mass is 295 g/mol. The molecule has 0 aliphatic carbocycles. The summed E-state index contributed by atoms with van der Waals surface area (Å²) >= 11 is 4.19. The summed E-state index contributed by atoms with van der Waals surface area (Å²) in [5.41, 5.74) is 1.37.